The number of carbonyl (C=O) groups excluding carboxylic acids is 1. The number of amides is 1. The molecule has 0 aromatic heterocycles. The number of ether oxygens (including phenoxy) is 1. The highest BCUT2D eigenvalue weighted by atomic mass is 32.1. The van der Waals surface area contributed by atoms with Crippen LogP contribution in [0.3, 0.4) is 0 Å². The van der Waals surface area contributed by atoms with Crippen molar-refractivity contribution in [2.75, 3.05) is 13.1 Å². The van der Waals surface area contributed by atoms with Crippen LogP contribution < -0.4 is 0 Å². The van der Waals surface area contributed by atoms with Gasteiger partial charge in [0.25, 0.3) is 0 Å². The zero-order valence-electron chi connectivity index (χ0n) is 9.77. The first-order valence-corrected chi connectivity index (χ1v) is 5.88. The second-order valence-corrected chi connectivity index (χ2v) is 5.61. The summed E-state index contributed by atoms with van der Waals surface area (Å²) >= 11 is 4.58. The SMILES string of the molecule is CC(C)(C)OC(=O)N1C[C@@H]2[C@H](C1)[C@H]2N=C=S. The molecule has 2 rings (SSSR count). The van der Waals surface area contributed by atoms with Gasteiger partial charge in [0, 0.05) is 24.9 Å². The number of aliphatic imine (C=N–C) groups is 1. The summed E-state index contributed by atoms with van der Waals surface area (Å²) in [5, 5.41) is 2.41. The monoisotopic (exact) mass is 240 g/mol. The van der Waals surface area contributed by atoms with Crippen molar-refractivity contribution in [3.8, 4) is 0 Å². The predicted octanol–water partition coefficient (Wildman–Crippen LogP) is 1.95. The van der Waals surface area contributed by atoms with Crippen molar-refractivity contribution in [1.29, 1.82) is 0 Å². The van der Waals surface area contributed by atoms with Gasteiger partial charge in [-0.25, -0.2) is 9.79 Å². The molecular weight excluding hydrogens is 224 g/mol. The van der Waals surface area contributed by atoms with Crippen LogP contribution in [-0.4, -0.2) is 40.9 Å². The van der Waals surface area contributed by atoms with Gasteiger partial charge in [0.2, 0.25) is 0 Å². The zero-order chi connectivity index (χ0) is 11.9. The maximum absolute atomic E-state index is 11.7. The van der Waals surface area contributed by atoms with Crippen molar-refractivity contribution < 1.29 is 9.53 Å². The molecule has 0 spiro atoms. The van der Waals surface area contributed by atoms with E-state index < -0.39 is 5.60 Å². The number of rotatable bonds is 1. The van der Waals surface area contributed by atoms with Crippen LogP contribution in [0.1, 0.15) is 20.8 Å². The van der Waals surface area contributed by atoms with E-state index in [1.54, 1.807) is 4.90 Å². The minimum atomic E-state index is -0.421. The summed E-state index contributed by atoms with van der Waals surface area (Å²) in [5.41, 5.74) is -0.421. The fraction of sp³-hybridized carbons (Fsp3) is 0.818. The quantitative estimate of drug-likeness (QED) is 0.519. The number of hydrogen-bond acceptors (Lipinski definition) is 4. The van der Waals surface area contributed by atoms with E-state index in [1.807, 2.05) is 20.8 Å². The third-order valence-corrected chi connectivity index (χ3v) is 3.11. The van der Waals surface area contributed by atoms with Gasteiger partial charge in [0.1, 0.15) is 5.60 Å². The highest BCUT2D eigenvalue weighted by molar-refractivity contribution is 7.78. The Bertz CT molecular complexity index is 345. The molecule has 0 radical (unpaired) electrons. The summed E-state index contributed by atoms with van der Waals surface area (Å²) in [7, 11) is 0. The molecule has 4 nitrogen and oxygen atoms in total. The molecule has 2 aliphatic rings. The van der Waals surface area contributed by atoms with Crippen LogP contribution in [0.25, 0.3) is 0 Å². The topological polar surface area (TPSA) is 41.9 Å². The summed E-state index contributed by atoms with van der Waals surface area (Å²) < 4.78 is 5.31. The first-order chi connectivity index (χ1) is 7.42. The molecule has 1 amide bonds. The standard InChI is InChI=1S/C11H16N2O2S/c1-11(2,3)15-10(14)13-4-7-8(5-13)9(7)12-6-16/h7-9H,4-5H2,1-3H3/t7-,8+,9+. The Morgan fingerprint density at radius 2 is 2.00 bits per heavy atom. The van der Waals surface area contributed by atoms with Crippen LogP contribution >= 0.6 is 12.2 Å². The van der Waals surface area contributed by atoms with Gasteiger partial charge in [-0.3, -0.25) is 0 Å². The van der Waals surface area contributed by atoms with Crippen LogP contribution in [0.15, 0.2) is 4.99 Å². The molecule has 0 N–H and O–H groups in total. The minimum absolute atomic E-state index is 0.218. The molecule has 0 aromatic rings. The molecular formula is C11H16N2O2S. The lowest BCUT2D eigenvalue weighted by molar-refractivity contribution is 0.0272. The van der Waals surface area contributed by atoms with Gasteiger partial charge < -0.3 is 9.64 Å². The maximum Gasteiger partial charge on any atom is 0.410 e. The Kier molecular flexibility index (Phi) is 2.76. The first kappa shape index (κ1) is 11.6. The summed E-state index contributed by atoms with van der Waals surface area (Å²) in [4.78, 5) is 17.6. The highest BCUT2D eigenvalue weighted by Gasteiger charge is 2.57. The van der Waals surface area contributed by atoms with Gasteiger partial charge in [0.15, 0.2) is 0 Å². The van der Waals surface area contributed by atoms with E-state index in [-0.39, 0.29) is 6.09 Å². The predicted molar refractivity (Wildman–Crippen MR) is 63.6 cm³/mol. The Morgan fingerprint density at radius 3 is 2.44 bits per heavy atom. The Labute approximate surface area is 101 Å². The van der Waals surface area contributed by atoms with Gasteiger partial charge in [-0.2, -0.15) is 0 Å². The summed E-state index contributed by atoms with van der Waals surface area (Å²) in [5.74, 6) is 0.950. The lowest BCUT2D eigenvalue weighted by atomic mass is 10.2. The molecule has 1 aliphatic heterocycles. The molecule has 88 valence electrons. The molecule has 0 unspecified atom stereocenters. The molecule has 0 aromatic carbocycles. The van der Waals surface area contributed by atoms with Crippen molar-refractivity contribution in [2.45, 2.75) is 32.4 Å². The average Bonchev–Trinajstić information content (AvgIpc) is 2.60. The highest BCUT2D eigenvalue weighted by Crippen LogP contribution is 2.47. The van der Waals surface area contributed by atoms with Crippen LogP contribution in [-0.2, 0) is 4.74 Å². The number of piperidine rings is 1. The van der Waals surface area contributed by atoms with E-state index in [1.165, 1.54) is 0 Å². The van der Waals surface area contributed by atoms with Crippen molar-refractivity contribution in [2.24, 2.45) is 16.8 Å². The second kappa shape index (κ2) is 3.82. The Morgan fingerprint density at radius 1 is 1.44 bits per heavy atom. The van der Waals surface area contributed by atoms with Crippen molar-refractivity contribution in [1.82, 2.24) is 4.90 Å². The molecule has 1 heterocycles. The van der Waals surface area contributed by atoms with Gasteiger partial charge in [-0.05, 0) is 33.0 Å². The molecule has 1 saturated heterocycles. The van der Waals surface area contributed by atoms with E-state index in [0.29, 0.717) is 17.9 Å². The van der Waals surface area contributed by atoms with Gasteiger partial charge in [0.05, 0.1) is 11.2 Å². The number of fused-ring (bicyclic) bond motifs is 1. The van der Waals surface area contributed by atoms with E-state index >= 15 is 0 Å². The third kappa shape index (κ3) is 2.25. The first-order valence-electron chi connectivity index (χ1n) is 5.47. The molecule has 5 heteroatoms. The molecule has 1 aliphatic carbocycles. The molecule has 2 fully saturated rings. The number of isothiocyanates is 1. The lowest BCUT2D eigenvalue weighted by Crippen LogP contribution is -2.37. The maximum atomic E-state index is 11.7. The van der Waals surface area contributed by atoms with E-state index in [0.717, 1.165) is 13.1 Å². The smallest absolute Gasteiger partial charge is 0.410 e. The largest absolute Gasteiger partial charge is 0.444 e. The summed E-state index contributed by atoms with van der Waals surface area (Å²) in [6.45, 7) is 7.11. The van der Waals surface area contributed by atoms with Crippen molar-refractivity contribution in [3.05, 3.63) is 0 Å². The number of hydrogen-bond donors (Lipinski definition) is 0. The Balaban J connectivity index is 1.84. The normalized spacial score (nSPS) is 31.7. The minimum Gasteiger partial charge on any atom is -0.444 e. The molecule has 0 bridgehead atoms. The zero-order valence-corrected chi connectivity index (χ0v) is 10.6. The van der Waals surface area contributed by atoms with E-state index in [4.69, 9.17) is 4.74 Å². The Hall–Kier alpha value is -0.930. The average molecular weight is 240 g/mol. The fourth-order valence-corrected chi connectivity index (χ4v) is 2.34. The van der Waals surface area contributed by atoms with Crippen LogP contribution in [0.5, 0.6) is 0 Å². The second-order valence-electron chi connectivity index (χ2n) is 5.42. The van der Waals surface area contributed by atoms with Crippen LogP contribution in [0.2, 0.25) is 0 Å². The molecule has 16 heavy (non-hydrogen) atoms. The molecule has 1 saturated carbocycles. The van der Waals surface area contributed by atoms with Crippen molar-refractivity contribution in [3.63, 3.8) is 0 Å². The molecule has 3 atom stereocenters. The third-order valence-electron chi connectivity index (χ3n) is 3.00. The summed E-state index contributed by atoms with van der Waals surface area (Å²) in [6, 6.07) is 0.302. The fourth-order valence-electron chi connectivity index (χ4n) is 2.22. The van der Waals surface area contributed by atoms with Crippen LogP contribution in [0.4, 0.5) is 4.79 Å². The number of likely N-dealkylation sites (tertiary alicyclic amines) is 1. The van der Waals surface area contributed by atoms with Crippen molar-refractivity contribution >= 4 is 23.5 Å². The van der Waals surface area contributed by atoms with Gasteiger partial charge >= 0.3 is 6.09 Å². The number of carbonyl (C=O) groups is 1. The van der Waals surface area contributed by atoms with E-state index in [9.17, 15) is 4.79 Å². The van der Waals surface area contributed by atoms with Crippen LogP contribution in [0, 0.1) is 11.8 Å². The van der Waals surface area contributed by atoms with E-state index in [2.05, 4.69) is 22.4 Å². The summed E-state index contributed by atoms with van der Waals surface area (Å²) in [6.07, 6.45) is -0.218. The number of thiocarbonyl (C=S) groups is 1. The lowest BCUT2D eigenvalue weighted by Gasteiger charge is -2.25. The van der Waals surface area contributed by atoms with Gasteiger partial charge in [-0.1, -0.05) is 0 Å². The number of nitrogens with zero attached hydrogens (tertiary/aromatic N) is 2. The van der Waals surface area contributed by atoms with Gasteiger partial charge in [-0.15, -0.1) is 0 Å².